The predicted octanol–water partition coefficient (Wildman–Crippen LogP) is 4.84. The average molecular weight is 551 g/mol. The number of nitriles is 1. The van der Waals surface area contributed by atoms with Gasteiger partial charge >= 0.3 is 6.09 Å². The highest BCUT2D eigenvalue weighted by Gasteiger charge is 2.37. The van der Waals surface area contributed by atoms with Crippen LogP contribution in [0.4, 0.5) is 4.79 Å². The number of aromatic hydroxyl groups is 1. The van der Waals surface area contributed by atoms with Crippen LogP contribution >= 0.6 is 0 Å². The Balaban J connectivity index is 2.54. The summed E-state index contributed by atoms with van der Waals surface area (Å²) in [6.07, 6.45) is 1.98. The lowest BCUT2D eigenvalue weighted by molar-refractivity contribution is -0.141. The summed E-state index contributed by atoms with van der Waals surface area (Å²) in [5, 5.41) is 25.0. The number of benzene rings is 2. The second-order valence-corrected chi connectivity index (χ2v) is 10.9. The topological polar surface area (TPSA) is 132 Å². The van der Waals surface area contributed by atoms with Crippen molar-refractivity contribution < 1.29 is 24.2 Å². The normalized spacial score (nSPS) is 12.5. The third kappa shape index (κ3) is 9.60. The van der Waals surface area contributed by atoms with Crippen LogP contribution in [0.1, 0.15) is 75.3 Å². The summed E-state index contributed by atoms with van der Waals surface area (Å²) in [4.78, 5) is 41.8. The van der Waals surface area contributed by atoms with Gasteiger partial charge in [0.25, 0.3) is 0 Å². The first kappa shape index (κ1) is 32.2. The van der Waals surface area contributed by atoms with E-state index in [-0.39, 0.29) is 18.7 Å². The number of hydrogen-bond donors (Lipinski definition) is 3. The lowest BCUT2D eigenvalue weighted by Gasteiger charge is -2.34. The number of nitrogens with zero attached hydrogens (tertiary/aromatic N) is 2. The molecule has 0 aliphatic rings. The highest BCUT2D eigenvalue weighted by molar-refractivity contribution is 5.92. The maximum atomic E-state index is 14.2. The second-order valence-electron chi connectivity index (χ2n) is 10.9. The van der Waals surface area contributed by atoms with Gasteiger partial charge in [-0.3, -0.25) is 9.59 Å². The van der Waals surface area contributed by atoms with Crippen LogP contribution in [-0.2, 0) is 20.7 Å². The lowest BCUT2D eigenvalue weighted by atomic mass is 9.94. The number of nitrogens with one attached hydrogen (secondary N) is 2. The van der Waals surface area contributed by atoms with Crippen LogP contribution in [-0.4, -0.2) is 52.6 Å². The highest BCUT2D eigenvalue weighted by Crippen LogP contribution is 2.28. The van der Waals surface area contributed by atoms with E-state index in [0.717, 1.165) is 30.4 Å². The van der Waals surface area contributed by atoms with Crippen LogP contribution in [0.3, 0.4) is 0 Å². The maximum Gasteiger partial charge on any atom is 0.408 e. The molecule has 3 N–H and O–H groups in total. The second kappa shape index (κ2) is 14.9. The van der Waals surface area contributed by atoms with E-state index in [9.17, 15) is 24.8 Å². The monoisotopic (exact) mass is 550 g/mol. The molecule has 0 radical (unpaired) electrons. The SMILES string of the molecule is CCCCCNC(=O)C(c1cccc(C)c1C)N(CC#N)C(=O)C(Cc1ccc(O)cc1)NC(=O)OC(C)(C)C. The van der Waals surface area contributed by atoms with E-state index in [4.69, 9.17) is 4.74 Å². The molecule has 40 heavy (non-hydrogen) atoms. The molecule has 0 aliphatic carbocycles. The maximum absolute atomic E-state index is 14.2. The molecule has 0 saturated carbocycles. The number of amides is 3. The van der Waals surface area contributed by atoms with Crippen LogP contribution in [0.15, 0.2) is 42.5 Å². The summed E-state index contributed by atoms with van der Waals surface area (Å²) >= 11 is 0. The van der Waals surface area contributed by atoms with E-state index in [1.54, 1.807) is 39.0 Å². The fourth-order valence-corrected chi connectivity index (χ4v) is 4.29. The highest BCUT2D eigenvalue weighted by atomic mass is 16.6. The standard InChI is InChI=1S/C31H42N4O5/c1-7-8-9-18-33-28(37)27(25-12-10-11-21(2)22(25)3)35(19-17-32)29(38)26(34-30(39)40-31(4,5)6)20-23-13-15-24(36)16-14-23/h10-16,26-27,36H,7-9,18-20H2,1-6H3,(H,33,37)(H,34,39). The van der Waals surface area contributed by atoms with E-state index in [1.165, 1.54) is 17.0 Å². The molecule has 2 atom stereocenters. The third-order valence-corrected chi connectivity index (χ3v) is 6.47. The number of ether oxygens (including phenoxy) is 1. The van der Waals surface area contributed by atoms with Crippen molar-refractivity contribution in [3.05, 3.63) is 64.7 Å². The van der Waals surface area contributed by atoms with E-state index >= 15 is 0 Å². The van der Waals surface area contributed by atoms with Gasteiger partial charge in [-0.15, -0.1) is 0 Å². The van der Waals surface area contributed by atoms with E-state index < -0.39 is 35.6 Å². The molecule has 9 nitrogen and oxygen atoms in total. The van der Waals surface area contributed by atoms with Gasteiger partial charge in [-0.2, -0.15) is 5.26 Å². The van der Waals surface area contributed by atoms with Crippen LogP contribution in [0.25, 0.3) is 0 Å². The van der Waals surface area contributed by atoms with Crippen molar-refractivity contribution >= 4 is 17.9 Å². The zero-order chi connectivity index (χ0) is 29.9. The van der Waals surface area contributed by atoms with Crippen LogP contribution in [0, 0.1) is 25.2 Å². The number of phenols is 1. The number of alkyl carbamates (subject to hydrolysis) is 1. The Morgan fingerprint density at radius 3 is 2.35 bits per heavy atom. The van der Waals surface area contributed by atoms with Gasteiger partial charge in [-0.1, -0.05) is 50.1 Å². The number of carbonyl (C=O) groups excluding carboxylic acids is 3. The minimum absolute atomic E-state index is 0.0535. The lowest BCUT2D eigenvalue weighted by Crippen LogP contribution is -2.54. The summed E-state index contributed by atoms with van der Waals surface area (Å²) in [5.74, 6) is -0.934. The van der Waals surface area contributed by atoms with Crippen molar-refractivity contribution in [2.24, 2.45) is 0 Å². The number of rotatable bonds is 12. The van der Waals surface area contributed by atoms with E-state index in [1.807, 2.05) is 32.0 Å². The largest absolute Gasteiger partial charge is 0.508 e. The quantitative estimate of drug-likeness (QED) is 0.256. The van der Waals surface area contributed by atoms with Gasteiger partial charge in [0.05, 0.1) is 6.07 Å². The Morgan fingerprint density at radius 2 is 1.75 bits per heavy atom. The molecule has 2 unspecified atom stereocenters. The Labute approximate surface area is 237 Å². The van der Waals surface area contributed by atoms with Crippen molar-refractivity contribution in [3.63, 3.8) is 0 Å². The fourth-order valence-electron chi connectivity index (χ4n) is 4.29. The first-order valence-electron chi connectivity index (χ1n) is 13.7. The Hall–Kier alpha value is -4.06. The molecular weight excluding hydrogens is 508 g/mol. The molecule has 0 fully saturated rings. The number of phenolic OH excluding ortho intramolecular Hbond substituents is 1. The summed E-state index contributed by atoms with van der Waals surface area (Å²) in [6.45, 7) is 11.1. The third-order valence-electron chi connectivity index (χ3n) is 6.47. The summed E-state index contributed by atoms with van der Waals surface area (Å²) in [6, 6.07) is 11.6. The Morgan fingerprint density at radius 1 is 1.07 bits per heavy atom. The van der Waals surface area contributed by atoms with Gasteiger partial charge in [0, 0.05) is 13.0 Å². The molecule has 2 aromatic carbocycles. The van der Waals surface area contributed by atoms with Crippen LogP contribution < -0.4 is 10.6 Å². The minimum atomic E-state index is -1.15. The van der Waals surface area contributed by atoms with E-state index in [0.29, 0.717) is 17.7 Å². The molecule has 0 aliphatic heterocycles. The van der Waals surface area contributed by atoms with Crippen molar-refractivity contribution in [2.45, 2.75) is 84.9 Å². The average Bonchev–Trinajstić information content (AvgIpc) is 2.88. The molecule has 0 spiro atoms. The smallest absolute Gasteiger partial charge is 0.408 e. The van der Waals surface area contributed by atoms with Crippen molar-refractivity contribution in [3.8, 4) is 11.8 Å². The first-order valence-corrected chi connectivity index (χ1v) is 13.7. The molecule has 0 saturated heterocycles. The number of hydrogen-bond acceptors (Lipinski definition) is 6. The summed E-state index contributed by atoms with van der Waals surface area (Å²) < 4.78 is 5.41. The molecule has 0 aromatic heterocycles. The molecular formula is C31H42N4O5. The van der Waals surface area contributed by atoms with Crippen molar-refractivity contribution in [2.75, 3.05) is 13.1 Å². The number of aryl methyl sites for hydroxylation is 1. The number of unbranched alkanes of at least 4 members (excludes halogenated alkanes) is 2. The first-order chi connectivity index (χ1) is 18.9. The van der Waals surface area contributed by atoms with Crippen LogP contribution in [0.5, 0.6) is 5.75 Å². The Kier molecular flexibility index (Phi) is 12.0. The van der Waals surface area contributed by atoms with Crippen molar-refractivity contribution in [1.82, 2.24) is 15.5 Å². The van der Waals surface area contributed by atoms with Gasteiger partial charge in [0.1, 0.15) is 30.0 Å². The molecule has 216 valence electrons. The zero-order valence-electron chi connectivity index (χ0n) is 24.4. The zero-order valence-corrected chi connectivity index (χ0v) is 24.4. The molecule has 9 heteroatoms. The number of carbonyl (C=O) groups is 3. The van der Waals surface area contributed by atoms with Gasteiger partial charge in [-0.25, -0.2) is 4.79 Å². The fraction of sp³-hybridized carbons (Fsp3) is 0.484. The Bertz CT molecular complexity index is 1200. The molecule has 2 rings (SSSR count). The minimum Gasteiger partial charge on any atom is -0.508 e. The molecule has 0 bridgehead atoms. The molecule has 3 amide bonds. The van der Waals surface area contributed by atoms with Gasteiger partial charge in [0.15, 0.2) is 0 Å². The van der Waals surface area contributed by atoms with Gasteiger partial charge in [-0.05, 0) is 75.4 Å². The van der Waals surface area contributed by atoms with E-state index in [2.05, 4.69) is 17.6 Å². The van der Waals surface area contributed by atoms with Gasteiger partial charge in [0.2, 0.25) is 11.8 Å². The molecule has 0 heterocycles. The summed E-state index contributed by atoms with van der Waals surface area (Å²) in [7, 11) is 0. The predicted molar refractivity (Wildman–Crippen MR) is 153 cm³/mol. The van der Waals surface area contributed by atoms with Crippen LogP contribution in [0.2, 0.25) is 0 Å². The van der Waals surface area contributed by atoms with Gasteiger partial charge < -0.3 is 25.4 Å². The molecule has 2 aromatic rings. The van der Waals surface area contributed by atoms with Crippen molar-refractivity contribution in [1.29, 1.82) is 5.26 Å². The summed E-state index contributed by atoms with van der Waals surface area (Å²) in [5.41, 5.74) is 2.25.